The van der Waals surface area contributed by atoms with Crippen molar-refractivity contribution in [2.75, 3.05) is 6.73 Å². The Labute approximate surface area is 121 Å². The zero-order valence-electron chi connectivity index (χ0n) is 12.0. The molecule has 2 aromatic rings. The van der Waals surface area contributed by atoms with Gasteiger partial charge in [-0.25, -0.2) is 0 Å². The fourth-order valence-electron chi connectivity index (χ4n) is 3.25. The van der Waals surface area contributed by atoms with Gasteiger partial charge in [0, 0.05) is 0 Å². The molecule has 1 fully saturated rings. The second kappa shape index (κ2) is 5.43. The number of hydrogen-bond acceptors (Lipinski definition) is 2. The fraction of sp³-hybridized carbons (Fsp3) is 0.294. The molecule has 2 nitrogen and oxygen atoms in total. The van der Waals surface area contributed by atoms with Crippen LogP contribution in [0, 0.1) is 0 Å². The van der Waals surface area contributed by atoms with Crippen molar-refractivity contribution in [3.05, 3.63) is 71.8 Å². The Bertz CT molecular complexity index is 516. The van der Waals surface area contributed by atoms with E-state index in [-0.39, 0.29) is 6.85 Å². The van der Waals surface area contributed by atoms with E-state index >= 15 is 0 Å². The van der Waals surface area contributed by atoms with Crippen LogP contribution >= 0.6 is 0 Å². The quantitative estimate of drug-likeness (QED) is 0.858. The highest BCUT2D eigenvalue weighted by molar-refractivity contribution is 6.62. The first-order chi connectivity index (χ1) is 9.75. The molecule has 1 aliphatic rings. The van der Waals surface area contributed by atoms with Gasteiger partial charge in [0.2, 0.25) is 0 Å². The Morgan fingerprint density at radius 2 is 1.45 bits per heavy atom. The molecule has 1 N–H and O–H groups in total. The molecule has 0 bridgehead atoms. The zero-order valence-corrected chi connectivity index (χ0v) is 12.0. The molecule has 0 saturated carbocycles. The first-order valence-corrected chi connectivity index (χ1v) is 7.23. The van der Waals surface area contributed by atoms with Crippen LogP contribution in [-0.4, -0.2) is 13.6 Å². The van der Waals surface area contributed by atoms with Crippen LogP contribution in [0.1, 0.15) is 25.0 Å². The van der Waals surface area contributed by atoms with Crippen molar-refractivity contribution in [2.45, 2.75) is 25.2 Å². The number of nitrogens with one attached hydrogen (secondary N) is 1. The van der Waals surface area contributed by atoms with Gasteiger partial charge >= 0.3 is 0 Å². The monoisotopic (exact) mass is 265 g/mol. The Morgan fingerprint density at radius 1 is 0.950 bits per heavy atom. The molecule has 3 rings (SSSR count). The molecule has 0 radical (unpaired) electrons. The third-order valence-electron chi connectivity index (χ3n) is 4.11. The van der Waals surface area contributed by atoms with Gasteiger partial charge < -0.3 is 9.96 Å². The minimum absolute atomic E-state index is 0.271. The number of hydrogen-bond donors (Lipinski definition) is 1. The average Bonchev–Trinajstić information content (AvgIpc) is 2.95. The lowest BCUT2D eigenvalue weighted by atomic mass is 9.39. The van der Waals surface area contributed by atoms with E-state index in [4.69, 9.17) is 4.74 Å². The van der Waals surface area contributed by atoms with Crippen LogP contribution in [0.2, 0.25) is 5.82 Å². The van der Waals surface area contributed by atoms with E-state index in [9.17, 15) is 0 Å². The van der Waals surface area contributed by atoms with E-state index in [1.165, 1.54) is 11.1 Å². The SMILES string of the molecule is CC(C)B1NCOC1(c1ccccc1)c1ccccc1. The first kappa shape index (κ1) is 13.4. The van der Waals surface area contributed by atoms with Crippen molar-refractivity contribution >= 4 is 6.85 Å². The van der Waals surface area contributed by atoms with Gasteiger partial charge in [-0.1, -0.05) is 74.5 Å². The summed E-state index contributed by atoms with van der Waals surface area (Å²) in [5, 5.41) is 3.52. The predicted octanol–water partition coefficient (Wildman–Crippen LogP) is 3.45. The molecule has 102 valence electrons. The summed E-state index contributed by atoms with van der Waals surface area (Å²) in [6.07, 6.45) is 0. The Balaban J connectivity index is 2.18. The standard InChI is InChI=1S/C17H20BNO/c1-14(2)18-17(20-13-19-18,15-9-5-3-6-10-15)16-11-7-4-8-12-16/h3-12,14,19H,13H2,1-2H3. The summed E-state index contributed by atoms with van der Waals surface area (Å²) in [7, 11) is 0. The van der Waals surface area contributed by atoms with Gasteiger partial charge in [0.15, 0.2) is 0 Å². The normalized spacial score (nSPS) is 17.6. The molecule has 1 saturated heterocycles. The lowest BCUT2D eigenvalue weighted by Gasteiger charge is -2.34. The van der Waals surface area contributed by atoms with Gasteiger partial charge in [-0.15, -0.1) is 0 Å². The van der Waals surface area contributed by atoms with E-state index in [0.717, 1.165) is 0 Å². The summed E-state index contributed by atoms with van der Waals surface area (Å²) < 4.78 is 6.28. The van der Waals surface area contributed by atoms with Gasteiger partial charge in [-0.3, -0.25) is 0 Å². The molecule has 1 heterocycles. The second-order valence-corrected chi connectivity index (χ2v) is 5.68. The highest BCUT2D eigenvalue weighted by Crippen LogP contribution is 2.41. The maximum absolute atomic E-state index is 6.28. The Morgan fingerprint density at radius 3 is 1.90 bits per heavy atom. The van der Waals surface area contributed by atoms with Crippen LogP contribution in [0.15, 0.2) is 60.7 Å². The van der Waals surface area contributed by atoms with Crippen LogP contribution in [-0.2, 0) is 10.2 Å². The molecule has 0 atom stereocenters. The summed E-state index contributed by atoms with van der Waals surface area (Å²) in [6.45, 7) is 5.35. The molecule has 0 amide bonds. The number of benzene rings is 2. The van der Waals surface area contributed by atoms with Gasteiger partial charge in [-0.05, 0) is 16.9 Å². The Hall–Kier alpha value is -1.58. The van der Waals surface area contributed by atoms with Crippen molar-refractivity contribution in [1.29, 1.82) is 0 Å². The zero-order chi connectivity index (χ0) is 14.0. The lowest BCUT2D eigenvalue weighted by Crippen LogP contribution is -2.48. The topological polar surface area (TPSA) is 21.3 Å². The van der Waals surface area contributed by atoms with E-state index in [0.29, 0.717) is 12.5 Å². The third-order valence-corrected chi connectivity index (χ3v) is 4.11. The molecule has 0 unspecified atom stereocenters. The minimum atomic E-state index is -0.392. The van der Waals surface area contributed by atoms with Crippen molar-refractivity contribution in [1.82, 2.24) is 5.23 Å². The number of ether oxygens (including phenoxy) is 1. The maximum Gasteiger partial charge on any atom is 0.273 e. The van der Waals surface area contributed by atoms with Crippen LogP contribution < -0.4 is 5.23 Å². The molecule has 0 aromatic heterocycles. The largest absolute Gasteiger partial charge is 0.358 e. The smallest absolute Gasteiger partial charge is 0.273 e. The Kier molecular flexibility index (Phi) is 3.64. The van der Waals surface area contributed by atoms with Crippen LogP contribution in [0.4, 0.5) is 0 Å². The highest BCUT2D eigenvalue weighted by atomic mass is 16.5. The summed E-state index contributed by atoms with van der Waals surface area (Å²) in [6, 6.07) is 21.1. The summed E-state index contributed by atoms with van der Waals surface area (Å²) in [5.41, 5.74) is 2.04. The summed E-state index contributed by atoms with van der Waals surface area (Å²) in [5.74, 6) is 0.484. The molecule has 0 spiro atoms. The van der Waals surface area contributed by atoms with Crippen molar-refractivity contribution < 1.29 is 4.74 Å². The van der Waals surface area contributed by atoms with Crippen LogP contribution in [0.3, 0.4) is 0 Å². The van der Waals surface area contributed by atoms with Gasteiger partial charge in [0.25, 0.3) is 6.85 Å². The highest BCUT2D eigenvalue weighted by Gasteiger charge is 2.51. The van der Waals surface area contributed by atoms with Crippen molar-refractivity contribution in [3.63, 3.8) is 0 Å². The van der Waals surface area contributed by atoms with Gasteiger partial charge in [0.05, 0.1) is 6.73 Å². The maximum atomic E-state index is 6.28. The number of rotatable bonds is 3. The van der Waals surface area contributed by atoms with E-state index < -0.39 is 5.50 Å². The second-order valence-electron chi connectivity index (χ2n) is 5.68. The average molecular weight is 265 g/mol. The van der Waals surface area contributed by atoms with Crippen LogP contribution in [0.25, 0.3) is 0 Å². The van der Waals surface area contributed by atoms with E-state index in [2.05, 4.69) is 79.7 Å². The summed E-state index contributed by atoms with van der Waals surface area (Å²) in [4.78, 5) is 0. The molecular weight excluding hydrogens is 245 g/mol. The lowest BCUT2D eigenvalue weighted by molar-refractivity contribution is 0.0657. The third kappa shape index (κ3) is 2.07. The van der Waals surface area contributed by atoms with E-state index in [1.54, 1.807) is 0 Å². The minimum Gasteiger partial charge on any atom is -0.358 e. The first-order valence-electron chi connectivity index (χ1n) is 7.23. The predicted molar refractivity (Wildman–Crippen MR) is 83.6 cm³/mol. The summed E-state index contributed by atoms with van der Waals surface area (Å²) >= 11 is 0. The molecule has 3 heteroatoms. The van der Waals surface area contributed by atoms with Crippen molar-refractivity contribution in [3.8, 4) is 0 Å². The fourth-order valence-corrected chi connectivity index (χ4v) is 3.25. The van der Waals surface area contributed by atoms with Crippen molar-refractivity contribution in [2.24, 2.45) is 0 Å². The molecule has 20 heavy (non-hydrogen) atoms. The van der Waals surface area contributed by atoms with Crippen LogP contribution in [0.5, 0.6) is 0 Å². The molecule has 1 aliphatic heterocycles. The van der Waals surface area contributed by atoms with Gasteiger partial charge in [0.1, 0.15) is 5.50 Å². The van der Waals surface area contributed by atoms with E-state index in [1.807, 2.05) is 0 Å². The molecule has 2 aromatic carbocycles. The molecular formula is C17H20BNO. The van der Waals surface area contributed by atoms with Gasteiger partial charge in [-0.2, -0.15) is 0 Å². The molecule has 0 aliphatic carbocycles.